The Labute approximate surface area is 168 Å². The number of amides is 2. The van der Waals surface area contributed by atoms with Crippen molar-refractivity contribution in [2.75, 3.05) is 5.32 Å². The topological polar surface area (TPSA) is 115 Å². The second-order valence-corrected chi connectivity index (χ2v) is 6.84. The number of nitrogens with zero attached hydrogens (tertiary/aromatic N) is 1. The number of hydrogen-bond acceptors (Lipinski definition) is 5. The molecule has 1 saturated heterocycles. The van der Waals surface area contributed by atoms with Gasteiger partial charge in [0.2, 0.25) is 5.82 Å². The van der Waals surface area contributed by atoms with Crippen molar-refractivity contribution in [1.29, 1.82) is 0 Å². The van der Waals surface area contributed by atoms with Gasteiger partial charge in [0.05, 0.1) is 10.6 Å². The molecule has 0 saturated carbocycles. The van der Waals surface area contributed by atoms with E-state index in [9.17, 15) is 18.4 Å². The molecule has 0 radical (unpaired) electrons. The molecule has 1 fully saturated rings. The number of hydrogen-bond donors (Lipinski definition) is 3. The number of phenolic OH excluding ortho intramolecular Hbond substituents is 1. The Hall–Kier alpha value is -2.59. The summed E-state index contributed by atoms with van der Waals surface area (Å²) in [5, 5.41) is 11.3. The Bertz CT molecular complexity index is 855. The number of benzene rings is 1. The largest absolute Gasteiger partial charge is 0.505 e. The van der Waals surface area contributed by atoms with Crippen molar-refractivity contribution in [2.45, 2.75) is 32.0 Å². The fraction of sp³-hybridized carbons (Fsp3) is 0.278. The minimum absolute atomic E-state index is 0.00259. The van der Waals surface area contributed by atoms with Gasteiger partial charge in [-0.1, -0.05) is 0 Å². The lowest BCUT2D eigenvalue weighted by Crippen LogP contribution is -2.28. The van der Waals surface area contributed by atoms with E-state index in [2.05, 4.69) is 26.2 Å². The number of halogens is 3. The Kier molecular flexibility index (Phi) is 7.41. The van der Waals surface area contributed by atoms with Gasteiger partial charge in [0.1, 0.15) is 11.8 Å². The number of rotatable bonds is 3. The Morgan fingerprint density at radius 2 is 2.00 bits per heavy atom. The van der Waals surface area contributed by atoms with Crippen LogP contribution in [0.15, 0.2) is 34.9 Å². The van der Waals surface area contributed by atoms with Gasteiger partial charge in [0.15, 0.2) is 11.6 Å². The van der Waals surface area contributed by atoms with Gasteiger partial charge in [-0.3, -0.25) is 14.6 Å². The van der Waals surface area contributed by atoms with Crippen molar-refractivity contribution >= 4 is 33.4 Å². The zero-order valence-corrected chi connectivity index (χ0v) is 16.4. The lowest BCUT2D eigenvalue weighted by Gasteiger charge is -2.11. The third-order valence-electron chi connectivity index (χ3n) is 3.82. The molecule has 150 valence electrons. The molecule has 2 aromatic rings. The predicted molar refractivity (Wildman–Crippen MR) is 101 cm³/mol. The number of anilines is 1. The van der Waals surface area contributed by atoms with Crippen LogP contribution in [0.1, 0.15) is 30.3 Å². The maximum atomic E-state index is 12.4. The molecule has 4 N–H and O–H groups in total. The number of primary amides is 1. The number of nitrogens with one attached hydrogen (secondary N) is 1. The van der Waals surface area contributed by atoms with Crippen LogP contribution < -0.4 is 11.1 Å². The molecule has 2 atom stereocenters. The molecule has 2 amide bonds. The summed E-state index contributed by atoms with van der Waals surface area (Å²) in [4.78, 5) is 26.6. The highest BCUT2D eigenvalue weighted by molar-refractivity contribution is 9.10. The van der Waals surface area contributed by atoms with Gasteiger partial charge in [0.25, 0.3) is 11.8 Å². The monoisotopic (exact) mass is 457 g/mol. The van der Waals surface area contributed by atoms with E-state index in [4.69, 9.17) is 15.6 Å². The molecular formula is C18H18BrF2N3O4. The Morgan fingerprint density at radius 3 is 2.57 bits per heavy atom. The van der Waals surface area contributed by atoms with Crippen molar-refractivity contribution < 1.29 is 28.2 Å². The molecule has 0 aliphatic carbocycles. The lowest BCUT2D eigenvalue weighted by molar-refractivity contribution is -0.126. The van der Waals surface area contributed by atoms with Gasteiger partial charge in [0, 0.05) is 11.9 Å². The molecular weight excluding hydrogens is 440 g/mol. The van der Waals surface area contributed by atoms with E-state index in [1.54, 1.807) is 6.07 Å². The third-order valence-corrected chi connectivity index (χ3v) is 4.43. The highest BCUT2D eigenvalue weighted by atomic mass is 79.9. The first kappa shape index (κ1) is 21.7. The van der Waals surface area contributed by atoms with Crippen LogP contribution in [0.3, 0.4) is 0 Å². The Morgan fingerprint density at radius 1 is 1.29 bits per heavy atom. The molecule has 0 bridgehead atoms. The van der Waals surface area contributed by atoms with Crippen molar-refractivity contribution in [2.24, 2.45) is 5.73 Å². The van der Waals surface area contributed by atoms with Gasteiger partial charge >= 0.3 is 0 Å². The summed E-state index contributed by atoms with van der Waals surface area (Å²) >= 11 is 2.75. The van der Waals surface area contributed by atoms with E-state index in [0.717, 1.165) is 12.5 Å². The summed E-state index contributed by atoms with van der Waals surface area (Å²) in [6.45, 7) is 1.94. The van der Waals surface area contributed by atoms with Gasteiger partial charge in [-0.15, -0.1) is 0 Å². The summed E-state index contributed by atoms with van der Waals surface area (Å²) in [7, 11) is 0. The molecule has 1 aromatic carbocycles. The number of carbonyl (C=O) groups excluding carboxylic acids is 2. The van der Waals surface area contributed by atoms with E-state index in [0.29, 0.717) is 12.1 Å². The van der Waals surface area contributed by atoms with E-state index in [1.807, 2.05) is 6.92 Å². The highest BCUT2D eigenvalue weighted by Crippen LogP contribution is 2.24. The van der Waals surface area contributed by atoms with Crippen LogP contribution >= 0.6 is 15.9 Å². The van der Waals surface area contributed by atoms with Crippen LogP contribution in [0.5, 0.6) is 5.75 Å². The molecule has 7 nitrogen and oxygen atoms in total. The van der Waals surface area contributed by atoms with Crippen molar-refractivity contribution in [3.05, 3.63) is 52.3 Å². The highest BCUT2D eigenvalue weighted by Gasteiger charge is 2.28. The maximum Gasteiger partial charge on any atom is 0.267 e. The van der Waals surface area contributed by atoms with Crippen LogP contribution in [-0.2, 0) is 9.53 Å². The SMILES string of the molecule is CC1CCC(C(=O)Nc2ccnc(C(N)=O)c2)O1.Oc1ccc(Br)c(F)c1F. The summed E-state index contributed by atoms with van der Waals surface area (Å²) in [5.41, 5.74) is 5.73. The van der Waals surface area contributed by atoms with E-state index >= 15 is 0 Å². The molecule has 1 aliphatic rings. The average molecular weight is 458 g/mol. The van der Waals surface area contributed by atoms with Crippen LogP contribution in [0, 0.1) is 11.6 Å². The summed E-state index contributed by atoms with van der Waals surface area (Å²) in [6.07, 6.45) is 2.69. The van der Waals surface area contributed by atoms with Crippen LogP contribution in [0.4, 0.5) is 14.5 Å². The Balaban J connectivity index is 0.000000237. The number of ether oxygens (including phenoxy) is 1. The average Bonchev–Trinajstić information content (AvgIpc) is 3.10. The molecule has 0 spiro atoms. The number of carbonyl (C=O) groups is 2. The third kappa shape index (κ3) is 5.70. The van der Waals surface area contributed by atoms with Crippen LogP contribution in [-0.4, -0.2) is 34.1 Å². The standard InChI is InChI=1S/C12H15N3O3.C6H3BrF2O/c1-7-2-3-10(18-7)12(17)15-8-4-5-14-9(6-8)11(13)16;7-3-1-2-4(10)6(9)5(3)8/h4-7,10H,2-3H2,1H3,(H2,13,16)(H,14,15,17);1-2,10H. The normalized spacial score (nSPS) is 18.1. The molecule has 28 heavy (non-hydrogen) atoms. The zero-order chi connectivity index (χ0) is 20.8. The number of pyridine rings is 1. The number of nitrogens with two attached hydrogens (primary N) is 1. The molecule has 2 unspecified atom stereocenters. The minimum Gasteiger partial charge on any atom is -0.505 e. The number of phenols is 1. The van der Waals surface area contributed by atoms with Crippen LogP contribution in [0.2, 0.25) is 0 Å². The lowest BCUT2D eigenvalue weighted by atomic mass is 10.2. The van der Waals surface area contributed by atoms with E-state index < -0.39 is 29.4 Å². The van der Waals surface area contributed by atoms with Gasteiger partial charge in [-0.05, 0) is 60.0 Å². The minimum atomic E-state index is -1.23. The summed E-state index contributed by atoms with van der Waals surface area (Å²) < 4.78 is 30.2. The predicted octanol–water partition coefficient (Wildman–Crippen LogP) is 3.12. The fourth-order valence-electron chi connectivity index (χ4n) is 2.38. The van der Waals surface area contributed by atoms with Gasteiger partial charge in [-0.25, -0.2) is 4.39 Å². The maximum absolute atomic E-state index is 12.4. The fourth-order valence-corrected chi connectivity index (χ4v) is 2.68. The van der Waals surface area contributed by atoms with Crippen molar-refractivity contribution in [3.8, 4) is 5.75 Å². The smallest absolute Gasteiger partial charge is 0.267 e. The first-order valence-electron chi connectivity index (χ1n) is 8.23. The molecule has 2 heterocycles. The summed E-state index contributed by atoms with van der Waals surface area (Å²) in [5.74, 6) is -3.81. The molecule has 3 rings (SSSR count). The second-order valence-electron chi connectivity index (χ2n) is 5.99. The van der Waals surface area contributed by atoms with Gasteiger partial charge < -0.3 is 20.9 Å². The molecule has 10 heteroatoms. The van der Waals surface area contributed by atoms with Crippen molar-refractivity contribution in [3.63, 3.8) is 0 Å². The van der Waals surface area contributed by atoms with Gasteiger partial charge in [-0.2, -0.15) is 4.39 Å². The first-order chi connectivity index (χ1) is 13.2. The van der Waals surface area contributed by atoms with E-state index in [-0.39, 0.29) is 22.2 Å². The number of aromatic hydroxyl groups is 1. The quantitative estimate of drug-likeness (QED) is 0.612. The second kappa shape index (κ2) is 9.56. The first-order valence-corrected chi connectivity index (χ1v) is 9.03. The van der Waals surface area contributed by atoms with E-state index in [1.165, 1.54) is 18.3 Å². The zero-order valence-electron chi connectivity index (χ0n) is 14.8. The molecule has 1 aromatic heterocycles. The van der Waals surface area contributed by atoms with Crippen LogP contribution in [0.25, 0.3) is 0 Å². The van der Waals surface area contributed by atoms with Crippen molar-refractivity contribution in [1.82, 2.24) is 4.98 Å². The molecule has 1 aliphatic heterocycles. The summed E-state index contributed by atoms with van der Waals surface area (Å²) in [6, 6.07) is 5.34. The number of aromatic nitrogens is 1.